The smallest absolute Gasteiger partial charge is 0.124 e. The van der Waals surface area contributed by atoms with E-state index in [4.69, 9.17) is 0 Å². The van der Waals surface area contributed by atoms with Gasteiger partial charge in [0.05, 0.1) is 0 Å². The van der Waals surface area contributed by atoms with Crippen LogP contribution < -0.4 is 5.32 Å². The fraction of sp³-hybridized carbons (Fsp3) is 0.571. The van der Waals surface area contributed by atoms with Gasteiger partial charge in [0.1, 0.15) is 5.82 Å². The molecule has 18 heavy (non-hydrogen) atoms. The average Bonchev–Trinajstić information content (AvgIpc) is 2.32. The summed E-state index contributed by atoms with van der Waals surface area (Å²) in [6, 6.07) is 5.35. The molecular formula is C14H20FIN2. The number of piperidine rings is 1. The molecule has 1 fully saturated rings. The van der Waals surface area contributed by atoms with E-state index in [-0.39, 0.29) is 5.82 Å². The second-order valence-corrected chi connectivity index (χ2v) is 6.38. The lowest BCUT2D eigenvalue weighted by molar-refractivity contribution is 0.197. The number of anilines is 1. The summed E-state index contributed by atoms with van der Waals surface area (Å²) >= 11 is 2.18. The maximum Gasteiger partial charge on any atom is 0.124 e. The molecule has 0 aliphatic carbocycles. The van der Waals surface area contributed by atoms with E-state index in [1.54, 1.807) is 6.07 Å². The van der Waals surface area contributed by atoms with E-state index in [1.165, 1.54) is 25.5 Å². The lowest BCUT2D eigenvalue weighted by atomic mass is 9.92. The maximum absolute atomic E-state index is 13.1. The molecule has 2 unspecified atom stereocenters. The molecular weight excluding hydrogens is 342 g/mol. The lowest BCUT2D eigenvalue weighted by Crippen LogP contribution is -2.39. The number of benzene rings is 1. The van der Waals surface area contributed by atoms with E-state index in [0.717, 1.165) is 15.8 Å². The molecule has 2 atom stereocenters. The highest BCUT2D eigenvalue weighted by Crippen LogP contribution is 2.24. The number of nitrogens with zero attached hydrogens (tertiary/aromatic N) is 1. The number of hydrogen-bond acceptors (Lipinski definition) is 2. The zero-order valence-corrected chi connectivity index (χ0v) is 13.1. The normalized spacial score (nSPS) is 22.8. The second kappa shape index (κ2) is 6.19. The standard InChI is InChI=1S/C14H20FIN2/c1-10(11-4-3-7-18(2)9-11)17-14-6-5-12(15)8-13(14)16/h5-6,8,10-11,17H,3-4,7,9H2,1-2H3. The van der Waals surface area contributed by atoms with Gasteiger partial charge < -0.3 is 10.2 Å². The van der Waals surface area contributed by atoms with Crippen LogP contribution in [0.3, 0.4) is 0 Å². The third-order valence-electron chi connectivity index (χ3n) is 3.68. The van der Waals surface area contributed by atoms with Gasteiger partial charge in [0.15, 0.2) is 0 Å². The lowest BCUT2D eigenvalue weighted by Gasteiger charge is -2.34. The Morgan fingerprint density at radius 3 is 2.94 bits per heavy atom. The van der Waals surface area contributed by atoms with Crippen LogP contribution in [0.15, 0.2) is 18.2 Å². The summed E-state index contributed by atoms with van der Waals surface area (Å²) in [7, 11) is 2.18. The monoisotopic (exact) mass is 362 g/mol. The molecule has 1 saturated heterocycles. The first-order valence-corrected chi connectivity index (χ1v) is 7.54. The van der Waals surface area contributed by atoms with Crippen molar-refractivity contribution in [2.24, 2.45) is 5.92 Å². The predicted octanol–water partition coefficient (Wildman–Crippen LogP) is 3.57. The van der Waals surface area contributed by atoms with Crippen molar-refractivity contribution in [3.63, 3.8) is 0 Å². The highest BCUT2D eigenvalue weighted by molar-refractivity contribution is 14.1. The summed E-state index contributed by atoms with van der Waals surface area (Å²) in [5, 5.41) is 3.53. The quantitative estimate of drug-likeness (QED) is 0.827. The van der Waals surface area contributed by atoms with Crippen LogP contribution in [0.4, 0.5) is 10.1 Å². The molecule has 0 aromatic heterocycles. The number of halogens is 2. The van der Waals surface area contributed by atoms with Gasteiger partial charge in [-0.1, -0.05) is 0 Å². The van der Waals surface area contributed by atoms with Crippen LogP contribution in [0.2, 0.25) is 0 Å². The zero-order valence-electron chi connectivity index (χ0n) is 10.9. The van der Waals surface area contributed by atoms with Gasteiger partial charge >= 0.3 is 0 Å². The Morgan fingerprint density at radius 1 is 1.50 bits per heavy atom. The predicted molar refractivity (Wildman–Crippen MR) is 82.4 cm³/mol. The molecule has 1 N–H and O–H groups in total. The van der Waals surface area contributed by atoms with Crippen molar-refractivity contribution in [3.8, 4) is 0 Å². The second-order valence-electron chi connectivity index (χ2n) is 5.22. The summed E-state index contributed by atoms with van der Waals surface area (Å²) in [4.78, 5) is 2.39. The molecule has 1 aliphatic rings. The molecule has 1 aliphatic heterocycles. The number of hydrogen-bond donors (Lipinski definition) is 1. The van der Waals surface area contributed by atoms with Crippen molar-refractivity contribution in [2.45, 2.75) is 25.8 Å². The summed E-state index contributed by atoms with van der Waals surface area (Å²) in [6.45, 7) is 4.58. The van der Waals surface area contributed by atoms with Gasteiger partial charge in [-0.05, 0) is 80.1 Å². The van der Waals surface area contributed by atoms with Gasteiger partial charge in [0.25, 0.3) is 0 Å². The van der Waals surface area contributed by atoms with Crippen LogP contribution >= 0.6 is 22.6 Å². The van der Waals surface area contributed by atoms with E-state index in [0.29, 0.717) is 12.0 Å². The van der Waals surface area contributed by atoms with Crippen LogP contribution in [-0.2, 0) is 0 Å². The summed E-state index contributed by atoms with van der Waals surface area (Å²) < 4.78 is 14.0. The third-order valence-corrected chi connectivity index (χ3v) is 4.57. The Labute approximate surface area is 122 Å². The molecule has 0 saturated carbocycles. The molecule has 4 heteroatoms. The Hall–Kier alpha value is -0.360. The first-order valence-electron chi connectivity index (χ1n) is 6.46. The fourth-order valence-electron chi connectivity index (χ4n) is 2.58. The summed E-state index contributed by atoms with van der Waals surface area (Å²) in [6.07, 6.45) is 2.55. The molecule has 1 heterocycles. The molecule has 1 aromatic carbocycles. The molecule has 0 bridgehead atoms. The van der Waals surface area contributed by atoms with Gasteiger partial charge in [0, 0.05) is 21.8 Å². The average molecular weight is 362 g/mol. The van der Waals surface area contributed by atoms with Crippen LogP contribution in [-0.4, -0.2) is 31.1 Å². The largest absolute Gasteiger partial charge is 0.381 e. The van der Waals surface area contributed by atoms with Gasteiger partial charge in [0.2, 0.25) is 0 Å². The topological polar surface area (TPSA) is 15.3 Å². The zero-order chi connectivity index (χ0) is 13.1. The molecule has 1 aromatic rings. The van der Waals surface area contributed by atoms with E-state index in [2.05, 4.69) is 46.8 Å². The minimum absolute atomic E-state index is 0.171. The Balaban J connectivity index is 1.99. The van der Waals surface area contributed by atoms with Gasteiger partial charge in [-0.2, -0.15) is 0 Å². The van der Waals surface area contributed by atoms with E-state index < -0.39 is 0 Å². The van der Waals surface area contributed by atoms with Crippen LogP contribution in [0, 0.1) is 15.3 Å². The maximum atomic E-state index is 13.1. The summed E-state index contributed by atoms with van der Waals surface area (Å²) in [5.74, 6) is 0.500. The van der Waals surface area contributed by atoms with Crippen molar-refractivity contribution in [2.75, 3.05) is 25.5 Å². The van der Waals surface area contributed by atoms with Crippen molar-refractivity contribution in [1.82, 2.24) is 4.90 Å². The van der Waals surface area contributed by atoms with E-state index in [1.807, 2.05) is 6.07 Å². The van der Waals surface area contributed by atoms with Crippen molar-refractivity contribution in [1.29, 1.82) is 0 Å². The first kappa shape index (κ1) is 14.1. The Morgan fingerprint density at radius 2 is 2.28 bits per heavy atom. The first-order chi connectivity index (χ1) is 8.56. The minimum atomic E-state index is -0.171. The SMILES string of the molecule is CC(Nc1ccc(F)cc1I)C1CCCN(C)C1. The number of likely N-dealkylation sites (tertiary alicyclic amines) is 1. The number of nitrogens with one attached hydrogen (secondary N) is 1. The van der Waals surface area contributed by atoms with Gasteiger partial charge in [-0.25, -0.2) is 4.39 Å². The molecule has 100 valence electrons. The minimum Gasteiger partial charge on any atom is -0.381 e. The third kappa shape index (κ3) is 3.57. The summed E-state index contributed by atoms with van der Waals surface area (Å²) in [5.41, 5.74) is 1.04. The van der Waals surface area contributed by atoms with Crippen LogP contribution in [0.1, 0.15) is 19.8 Å². The van der Waals surface area contributed by atoms with E-state index >= 15 is 0 Å². The van der Waals surface area contributed by atoms with E-state index in [9.17, 15) is 4.39 Å². The number of rotatable bonds is 3. The van der Waals surface area contributed by atoms with Crippen LogP contribution in [0.25, 0.3) is 0 Å². The Kier molecular flexibility index (Phi) is 4.84. The van der Waals surface area contributed by atoms with Crippen molar-refractivity contribution >= 4 is 28.3 Å². The highest BCUT2D eigenvalue weighted by Gasteiger charge is 2.23. The molecule has 2 rings (SSSR count). The highest BCUT2D eigenvalue weighted by atomic mass is 127. The van der Waals surface area contributed by atoms with Crippen molar-refractivity contribution < 1.29 is 4.39 Å². The fourth-order valence-corrected chi connectivity index (χ4v) is 3.22. The van der Waals surface area contributed by atoms with Crippen molar-refractivity contribution in [3.05, 3.63) is 27.6 Å². The molecule has 0 radical (unpaired) electrons. The molecule has 0 amide bonds. The Bertz CT molecular complexity index is 411. The molecule has 0 spiro atoms. The van der Waals surface area contributed by atoms with Gasteiger partial charge in [-0.15, -0.1) is 0 Å². The van der Waals surface area contributed by atoms with Gasteiger partial charge in [-0.3, -0.25) is 0 Å². The van der Waals surface area contributed by atoms with Crippen LogP contribution in [0.5, 0.6) is 0 Å². The molecule has 2 nitrogen and oxygen atoms in total.